The first-order chi connectivity index (χ1) is 12.4. The number of allylic oxidation sites excluding steroid dienone is 3. The van der Waals surface area contributed by atoms with E-state index in [0.717, 1.165) is 0 Å². The van der Waals surface area contributed by atoms with Crippen LogP contribution in [-0.4, -0.2) is 32.4 Å². The van der Waals surface area contributed by atoms with Gasteiger partial charge in [0, 0.05) is 0 Å². The Morgan fingerprint density at radius 1 is 0.808 bits per heavy atom. The average Bonchev–Trinajstić information content (AvgIpc) is 2.62. The molecule has 0 saturated heterocycles. The van der Waals surface area contributed by atoms with Crippen molar-refractivity contribution in [3.8, 4) is 11.5 Å². The Balaban J connectivity index is 2.33. The predicted molar refractivity (Wildman–Crippen MR) is 93.0 cm³/mol. The third-order valence-corrected chi connectivity index (χ3v) is 4.59. The maximum Gasteiger partial charge on any atom is 0.332 e. The van der Waals surface area contributed by atoms with Crippen LogP contribution in [0.1, 0.15) is 11.1 Å². The molecule has 6 nitrogen and oxygen atoms in total. The molecule has 0 spiro atoms. The number of hydrogen-bond acceptors (Lipinski definition) is 4. The molecular weight excluding hydrogens is 336 g/mol. The van der Waals surface area contributed by atoms with Crippen LogP contribution in [0.2, 0.25) is 0 Å². The first-order valence-electron chi connectivity index (χ1n) is 7.81. The van der Waals surface area contributed by atoms with E-state index in [-0.39, 0.29) is 17.1 Å². The molecule has 4 N–H and O–H groups in total. The summed E-state index contributed by atoms with van der Waals surface area (Å²) in [4.78, 5) is 23.8. The molecule has 0 bridgehead atoms. The molecule has 0 amide bonds. The van der Waals surface area contributed by atoms with E-state index in [1.807, 2.05) is 0 Å². The smallest absolute Gasteiger partial charge is 0.332 e. The Morgan fingerprint density at radius 2 is 1.27 bits per heavy atom. The van der Waals surface area contributed by atoms with E-state index < -0.39 is 23.3 Å². The van der Waals surface area contributed by atoms with Crippen LogP contribution >= 0.6 is 0 Å². The van der Waals surface area contributed by atoms with Crippen LogP contribution in [0, 0.1) is 5.92 Å². The number of aliphatic carboxylic acids is 2. The van der Waals surface area contributed by atoms with Crippen molar-refractivity contribution in [3.63, 3.8) is 0 Å². The van der Waals surface area contributed by atoms with Gasteiger partial charge in [0.25, 0.3) is 0 Å². The van der Waals surface area contributed by atoms with Crippen molar-refractivity contribution >= 4 is 11.9 Å². The topological polar surface area (TPSA) is 115 Å². The lowest BCUT2D eigenvalue weighted by Crippen LogP contribution is -2.43. The van der Waals surface area contributed by atoms with E-state index in [1.54, 1.807) is 30.3 Å². The highest BCUT2D eigenvalue weighted by atomic mass is 16.4. The SMILES string of the molecule is O=C(O)C1=CC=CC(c2ccc(O)cc2)(c2ccc(O)cc2)C1C(=O)O. The molecule has 132 valence electrons. The number of carboxylic acids is 2. The summed E-state index contributed by atoms with van der Waals surface area (Å²) in [6.07, 6.45) is 4.43. The zero-order valence-corrected chi connectivity index (χ0v) is 13.5. The Labute approximate surface area is 149 Å². The van der Waals surface area contributed by atoms with E-state index >= 15 is 0 Å². The second kappa shape index (κ2) is 6.40. The van der Waals surface area contributed by atoms with Gasteiger partial charge in [0.15, 0.2) is 0 Å². The zero-order chi connectivity index (χ0) is 18.9. The van der Waals surface area contributed by atoms with Gasteiger partial charge in [-0.1, -0.05) is 42.5 Å². The Bertz CT molecular complexity index is 861. The molecule has 0 fully saturated rings. The second-order valence-corrected chi connectivity index (χ2v) is 6.02. The van der Waals surface area contributed by atoms with Crippen LogP contribution in [0.15, 0.2) is 72.3 Å². The third-order valence-electron chi connectivity index (χ3n) is 4.59. The van der Waals surface area contributed by atoms with Crippen LogP contribution in [0.5, 0.6) is 11.5 Å². The minimum atomic E-state index is -1.39. The Morgan fingerprint density at radius 3 is 1.65 bits per heavy atom. The summed E-state index contributed by atoms with van der Waals surface area (Å²) in [6.45, 7) is 0. The van der Waals surface area contributed by atoms with Crippen LogP contribution in [0.25, 0.3) is 0 Å². The molecule has 0 aliphatic heterocycles. The fourth-order valence-electron chi connectivity index (χ4n) is 3.43. The highest BCUT2D eigenvalue weighted by molar-refractivity contribution is 5.96. The molecular formula is C20H16O6. The number of rotatable bonds is 4. The lowest BCUT2D eigenvalue weighted by molar-refractivity contribution is -0.145. The van der Waals surface area contributed by atoms with E-state index in [0.29, 0.717) is 11.1 Å². The van der Waals surface area contributed by atoms with Gasteiger partial charge in [-0.25, -0.2) is 4.79 Å². The van der Waals surface area contributed by atoms with E-state index in [2.05, 4.69) is 0 Å². The predicted octanol–water partition coefficient (Wildman–Crippen LogP) is 2.67. The van der Waals surface area contributed by atoms with Crippen molar-refractivity contribution in [3.05, 3.63) is 83.5 Å². The van der Waals surface area contributed by atoms with Gasteiger partial charge in [0.2, 0.25) is 0 Å². The summed E-state index contributed by atoms with van der Waals surface area (Å²) < 4.78 is 0. The standard InChI is InChI=1S/C20H16O6/c21-14-7-3-12(4-8-14)20(13-5-9-15(22)10-6-13)11-1-2-16(18(23)24)17(20)19(25)26/h1-11,17,21-22H,(H,23,24)(H,25,26). The van der Waals surface area contributed by atoms with Crippen molar-refractivity contribution in [1.29, 1.82) is 0 Å². The molecule has 2 aromatic carbocycles. The molecule has 1 aliphatic rings. The second-order valence-electron chi connectivity index (χ2n) is 6.02. The number of carboxylic acid groups (broad SMARTS) is 2. The number of hydrogen-bond donors (Lipinski definition) is 4. The van der Waals surface area contributed by atoms with Crippen molar-refractivity contribution < 1.29 is 30.0 Å². The summed E-state index contributed by atoms with van der Waals surface area (Å²) >= 11 is 0. The minimum absolute atomic E-state index is 0.00951. The summed E-state index contributed by atoms with van der Waals surface area (Å²) in [7, 11) is 0. The molecule has 0 aromatic heterocycles. The maximum atomic E-state index is 12.1. The van der Waals surface area contributed by atoms with Crippen molar-refractivity contribution in [2.75, 3.05) is 0 Å². The number of phenols is 2. The van der Waals surface area contributed by atoms with Crippen LogP contribution < -0.4 is 0 Å². The number of phenolic OH excluding ortho intramolecular Hbond substituents is 2. The van der Waals surface area contributed by atoms with E-state index in [9.17, 15) is 30.0 Å². The third kappa shape index (κ3) is 2.71. The molecule has 0 radical (unpaired) electrons. The molecule has 0 saturated carbocycles. The maximum absolute atomic E-state index is 12.1. The van der Waals surface area contributed by atoms with Crippen LogP contribution in [0.4, 0.5) is 0 Å². The lowest BCUT2D eigenvalue weighted by atomic mass is 9.61. The summed E-state index contributed by atoms with van der Waals surface area (Å²) in [5, 5.41) is 38.6. The normalized spacial score (nSPS) is 18.2. The highest BCUT2D eigenvalue weighted by Gasteiger charge is 2.49. The van der Waals surface area contributed by atoms with Gasteiger partial charge in [0.05, 0.1) is 11.0 Å². The fraction of sp³-hybridized carbons (Fsp3) is 0.100. The summed E-state index contributed by atoms with van der Waals surface area (Å²) in [6, 6.07) is 11.9. The molecule has 1 unspecified atom stereocenters. The molecule has 6 heteroatoms. The molecule has 2 aromatic rings. The summed E-state index contributed by atoms with van der Waals surface area (Å²) in [5.41, 5.74) is -0.537. The van der Waals surface area contributed by atoms with Crippen LogP contribution in [-0.2, 0) is 15.0 Å². The Hall–Kier alpha value is -3.54. The lowest BCUT2D eigenvalue weighted by Gasteiger charge is -2.39. The number of carbonyl (C=O) groups is 2. The zero-order valence-electron chi connectivity index (χ0n) is 13.5. The van der Waals surface area contributed by atoms with E-state index in [4.69, 9.17) is 0 Å². The molecule has 1 atom stereocenters. The fourth-order valence-corrected chi connectivity index (χ4v) is 3.43. The van der Waals surface area contributed by atoms with Gasteiger partial charge < -0.3 is 20.4 Å². The molecule has 0 heterocycles. The molecule has 1 aliphatic carbocycles. The number of aromatic hydroxyl groups is 2. The molecule has 3 rings (SSSR count). The van der Waals surface area contributed by atoms with Gasteiger partial charge in [-0.15, -0.1) is 0 Å². The number of benzene rings is 2. The van der Waals surface area contributed by atoms with Gasteiger partial charge in [-0.2, -0.15) is 0 Å². The molecule has 26 heavy (non-hydrogen) atoms. The average molecular weight is 352 g/mol. The van der Waals surface area contributed by atoms with Gasteiger partial charge in [-0.3, -0.25) is 4.79 Å². The van der Waals surface area contributed by atoms with Gasteiger partial charge >= 0.3 is 11.9 Å². The quantitative estimate of drug-likeness (QED) is 0.672. The van der Waals surface area contributed by atoms with E-state index in [1.165, 1.54) is 36.4 Å². The Kier molecular flexibility index (Phi) is 4.26. The van der Waals surface area contributed by atoms with Gasteiger partial charge in [-0.05, 0) is 35.4 Å². The van der Waals surface area contributed by atoms with Gasteiger partial charge in [0.1, 0.15) is 17.4 Å². The highest BCUT2D eigenvalue weighted by Crippen LogP contribution is 2.47. The monoisotopic (exact) mass is 352 g/mol. The summed E-state index contributed by atoms with van der Waals surface area (Å²) in [5.74, 6) is -3.97. The largest absolute Gasteiger partial charge is 0.508 e. The first kappa shape index (κ1) is 17.3. The van der Waals surface area contributed by atoms with Crippen molar-refractivity contribution in [2.45, 2.75) is 5.41 Å². The van der Waals surface area contributed by atoms with Crippen molar-refractivity contribution in [1.82, 2.24) is 0 Å². The first-order valence-corrected chi connectivity index (χ1v) is 7.81. The van der Waals surface area contributed by atoms with Crippen molar-refractivity contribution in [2.24, 2.45) is 5.92 Å². The minimum Gasteiger partial charge on any atom is -0.508 e. The van der Waals surface area contributed by atoms with Crippen LogP contribution in [0.3, 0.4) is 0 Å².